The first-order chi connectivity index (χ1) is 8.04. The molecule has 0 spiro atoms. The van der Waals surface area contributed by atoms with Crippen LogP contribution in [0, 0.1) is 0 Å². The number of halogens is 2. The van der Waals surface area contributed by atoms with Crippen LogP contribution in [-0.2, 0) is 4.79 Å². The number of nitrogens with zero attached hydrogens (tertiary/aromatic N) is 1. The van der Waals surface area contributed by atoms with Gasteiger partial charge in [0.2, 0.25) is 5.91 Å². The van der Waals surface area contributed by atoms with E-state index in [1.165, 1.54) is 16.7 Å². The molecule has 3 nitrogen and oxygen atoms in total. The molecule has 0 aliphatic carbocycles. The Morgan fingerprint density at radius 2 is 2.18 bits per heavy atom. The van der Waals surface area contributed by atoms with Gasteiger partial charge in [0, 0.05) is 23.5 Å². The summed E-state index contributed by atoms with van der Waals surface area (Å²) in [6.45, 7) is 0.299. The molecule has 0 fully saturated rings. The number of aliphatic hydroxyl groups is 1. The van der Waals surface area contributed by atoms with E-state index in [0.29, 0.717) is 16.6 Å². The molecule has 0 bridgehead atoms. The SMILES string of the molecule is CN(CCO)C(=O)CSc1cc(Cl)ccc1Cl. The Morgan fingerprint density at radius 1 is 1.47 bits per heavy atom. The topological polar surface area (TPSA) is 40.5 Å². The molecule has 1 amide bonds. The highest BCUT2D eigenvalue weighted by atomic mass is 35.5. The van der Waals surface area contributed by atoms with Crippen molar-refractivity contribution < 1.29 is 9.90 Å². The molecular formula is C11H13Cl2NO2S. The zero-order valence-electron chi connectivity index (χ0n) is 9.32. The summed E-state index contributed by atoms with van der Waals surface area (Å²) in [4.78, 5) is 13.9. The molecule has 0 saturated carbocycles. The Labute approximate surface area is 115 Å². The van der Waals surface area contributed by atoms with Crippen LogP contribution in [0.4, 0.5) is 0 Å². The van der Waals surface area contributed by atoms with Gasteiger partial charge in [0.25, 0.3) is 0 Å². The van der Waals surface area contributed by atoms with Crippen molar-refractivity contribution in [3.63, 3.8) is 0 Å². The monoisotopic (exact) mass is 293 g/mol. The number of thioether (sulfide) groups is 1. The lowest BCUT2D eigenvalue weighted by atomic mass is 10.4. The second-order valence-electron chi connectivity index (χ2n) is 3.40. The molecule has 0 unspecified atom stereocenters. The largest absolute Gasteiger partial charge is 0.395 e. The van der Waals surface area contributed by atoms with Gasteiger partial charge in [-0.2, -0.15) is 0 Å². The van der Waals surface area contributed by atoms with E-state index in [-0.39, 0.29) is 18.3 Å². The molecule has 0 heterocycles. The van der Waals surface area contributed by atoms with Crippen LogP contribution >= 0.6 is 35.0 Å². The fourth-order valence-electron chi connectivity index (χ4n) is 1.11. The fraction of sp³-hybridized carbons (Fsp3) is 0.364. The van der Waals surface area contributed by atoms with Crippen LogP contribution in [-0.4, -0.2) is 41.9 Å². The van der Waals surface area contributed by atoms with E-state index in [9.17, 15) is 4.79 Å². The van der Waals surface area contributed by atoms with Crippen molar-refractivity contribution in [3.8, 4) is 0 Å². The predicted octanol–water partition coefficient (Wildman–Crippen LogP) is 2.54. The van der Waals surface area contributed by atoms with Gasteiger partial charge < -0.3 is 10.0 Å². The maximum Gasteiger partial charge on any atom is 0.232 e. The van der Waals surface area contributed by atoms with Gasteiger partial charge in [-0.25, -0.2) is 0 Å². The van der Waals surface area contributed by atoms with Crippen LogP contribution in [0.2, 0.25) is 10.0 Å². The first kappa shape index (κ1) is 14.6. The fourth-order valence-corrected chi connectivity index (χ4v) is 2.55. The number of amides is 1. The third kappa shape index (κ3) is 4.76. The number of hydrogen-bond donors (Lipinski definition) is 1. The first-order valence-corrected chi connectivity index (χ1v) is 6.71. The average Bonchev–Trinajstić information content (AvgIpc) is 2.30. The highest BCUT2D eigenvalue weighted by Crippen LogP contribution is 2.29. The smallest absolute Gasteiger partial charge is 0.232 e. The maximum atomic E-state index is 11.6. The zero-order chi connectivity index (χ0) is 12.8. The van der Waals surface area contributed by atoms with Crippen LogP contribution in [0.3, 0.4) is 0 Å². The summed E-state index contributed by atoms with van der Waals surface area (Å²) in [6, 6.07) is 5.13. The Morgan fingerprint density at radius 3 is 2.82 bits per heavy atom. The van der Waals surface area contributed by atoms with Crippen molar-refractivity contribution in [2.75, 3.05) is 26.0 Å². The maximum absolute atomic E-state index is 11.6. The molecule has 0 radical (unpaired) electrons. The lowest BCUT2D eigenvalue weighted by Gasteiger charge is -2.15. The molecule has 1 rings (SSSR count). The van der Waals surface area contributed by atoms with Crippen LogP contribution in [0.5, 0.6) is 0 Å². The molecule has 0 saturated heterocycles. The molecule has 0 aliphatic rings. The van der Waals surface area contributed by atoms with Crippen molar-refractivity contribution >= 4 is 40.9 Å². The Hall–Kier alpha value is -0.420. The third-order valence-corrected chi connectivity index (χ3v) is 3.82. The second-order valence-corrected chi connectivity index (χ2v) is 5.26. The first-order valence-electron chi connectivity index (χ1n) is 4.97. The molecule has 0 atom stereocenters. The van der Waals surface area contributed by atoms with Crippen LogP contribution < -0.4 is 0 Å². The van der Waals surface area contributed by atoms with Crippen LogP contribution in [0.15, 0.2) is 23.1 Å². The summed E-state index contributed by atoms with van der Waals surface area (Å²) < 4.78 is 0. The highest BCUT2D eigenvalue weighted by Gasteiger charge is 2.10. The van der Waals surface area contributed by atoms with E-state index in [0.717, 1.165) is 4.90 Å². The molecule has 1 N–H and O–H groups in total. The molecule has 94 valence electrons. The minimum Gasteiger partial charge on any atom is -0.395 e. The second kappa shape index (κ2) is 7.11. The number of likely N-dealkylation sites (N-methyl/N-ethyl adjacent to an activating group) is 1. The summed E-state index contributed by atoms with van der Waals surface area (Å²) in [5.41, 5.74) is 0. The lowest BCUT2D eigenvalue weighted by Crippen LogP contribution is -2.30. The average molecular weight is 294 g/mol. The van der Waals surface area contributed by atoms with Gasteiger partial charge in [-0.3, -0.25) is 4.79 Å². The van der Waals surface area contributed by atoms with Gasteiger partial charge in [-0.1, -0.05) is 23.2 Å². The van der Waals surface area contributed by atoms with Gasteiger partial charge in [-0.15, -0.1) is 11.8 Å². The van der Waals surface area contributed by atoms with E-state index < -0.39 is 0 Å². The zero-order valence-corrected chi connectivity index (χ0v) is 11.6. The summed E-state index contributed by atoms with van der Waals surface area (Å²) >= 11 is 13.2. The van der Waals surface area contributed by atoms with E-state index in [1.54, 1.807) is 25.2 Å². The van der Waals surface area contributed by atoms with E-state index >= 15 is 0 Å². The van der Waals surface area contributed by atoms with Gasteiger partial charge in [-0.05, 0) is 18.2 Å². The van der Waals surface area contributed by atoms with Crippen molar-refractivity contribution in [2.45, 2.75) is 4.90 Å². The van der Waals surface area contributed by atoms with Crippen LogP contribution in [0.1, 0.15) is 0 Å². The minimum absolute atomic E-state index is 0.0369. The van der Waals surface area contributed by atoms with E-state index in [1.807, 2.05) is 0 Å². The van der Waals surface area contributed by atoms with Crippen molar-refractivity contribution in [1.29, 1.82) is 0 Å². The molecular weight excluding hydrogens is 281 g/mol. The van der Waals surface area contributed by atoms with Crippen molar-refractivity contribution in [3.05, 3.63) is 28.2 Å². The molecule has 1 aromatic carbocycles. The minimum atomic E-state index is -0.0555. The van der Waals surface area contributed by atoms with E-state index in [4.69, 9.17) is 28.3 Å². The van der Waals surface area contributed by atoms with Crippen LogP contribution in [0.25, 0.3) is 0 Å². The number of rotatable bonds is 5. The summed E-state index contributed by atoms with van der Waals surface area (Å²) in [6.07, 6.45) is 0. The number of aliphatic hydroxyl groups excluding tert-OH is 1. The van der Waals surface area contributed by atoms with Gasteiger partial charge in [0.15, 0.2) is 0 Å². The van der Waals surface area contributed by atoms with Gasteiger partial charge in [0.05, 0.1) is 17.4 Å². The Kier molecular flexibility index (Phi) is 6.12. The van der Waals surface area contributed by atoms with Gasteiger partial charge in [0.1, 0.15) is 0 Å². The summed E-state index contributed by atoms with van der Waals surface area (Å²) in [7, 11) is 1.65. The number of carbonyl (C=O) groups excluding carboxylic acids is 1. The lowest BCUT2D eigenvalue weighted by molar-refractivity contribution is -0.127. The molecule has 0 aliphatic heterocycles. The number of carbonyl (C=O) groups is 1. The van der Waals surface area contributed by atoms with Crippen molar-refractivity contribution in [1.82, 2.24) is 4.90 Å². The summed E-state index contributed by atoms with van der Waals surface area (Å²) in [5.74, 6) is 0.219. The highest BCUT2D eigenvalue weighted by molar-refractivity contribution is 8.00. The Balaban J connectivity index is 2.55. The normalized spacial score (nSPS) is 10.4. The van der Waals surface area contributed by atoms with Crippen molar-refractivity contribution in [2.24, 2.45) is 0 Å². The number of hydrogen-bond acceptors (Lipinski definition) is 3. The molecule has 0 aromatic heterocycles. The standard InChI is InChI=1S/C11H13Cl2NO2S/c1-14(4-5-15)11(16)7-17-10-6-8(12)2-3-9(10)13/h2-3,6,15H,4-5,7H2,1H3. The van der Waals surface area contributed by atoms with Gasteiger partial charge >= 0.3 is 0 Å². The molecule has 6 heteroatoms. The molecule has 1 aromatic rings. The molecule has 17 heavy (non-hydrogen) atoms. The third-order valence-electron chi connectivity index (χ3n) is 2.11. The summed E-state index contributed by atoms with van der Waals surface area (Å²) in [5, 5.41) is 9.88. The van der Waals surface area contributed by atoms with E-state index in [2.05, 4.69) is 0 Å². The Bertz CT molecular complexity index is 401. The predicted molar refractivity (Wildman–Crippen MR) is 71.9 cm³/mol. The quantitative estimate of drug-likeness (QED) is 0.848. The number of benzene rings is 1.